The first kappa shape index (κ1) is 17.7. The first-order chi connectivity index (χ1) is 13.0. The van der Waals surface area contributed by atoms with Gasteiger partial charge in [-0.15, -0.1) is 0 Å². The van der Waals surface area contributed by atoms with E-state index in [4.69, 9.17) is 16.3 Å². The van der Waals surface area contributed by atoms with Gasteiger partial charge >= 0.3 is 0 Å². The molecular formula is C21H17ClFNO3. The molecule has 0 bridgehead atoms. The maximum atomic E-state index is 13.8. The number of carbonyl (C=O) groups is 2. The molecule has 2 amide bonds. The Balaban J connectivity index is 1.53. The third-order valence-electron chi connectivity index (χ3n) is 4.85. The van der Waals surface area contributed by atoms with E-state index in [2.05, 4.69) is 0 Å². The molecular weight excluding hydrogens is 369 g/mol. The van der Waals surface area contributed by atoms with E-state index in [-0.39, 0.29) is 24.2 Å². The van der Waals surface area contributed by atoms with Gasteiger partial charge in [0.2, 0.25) is 0 Å². The van der Waals surface area contributed by atoms with Gasteiger partial charge in [0.1, 0.15) is 6.61 Å². The lowest BCUT2D eigenvalue weighted by Gasteiger charge is -2.16. The summed E-state index contributed by atoms with van der Waals surface area (Å²) in [5, 5.41) is 0.296. The van der Waals surface area contributed by atoms with Gasteiger partial charge in [0.05, 0.1) is 5.69 Å². The fourth-order valence-corrected chi connectivity index (χ4v) is 3.67. The van der Waals surface area contributed by atoms with Crippen molar-refractivity contribution in [3.8, 4) is 5.75 Å². The predicted molar refractivity (Wildman–Crippen MR) is 100 cm³/mol. The zero-order valence-electron chi connectivity index (χ0n) is 14.5. The van der Waals surface area contributed by atoms with Crippen molar-refractivity contribution in [2.75, 3.05) is 4.90 Å². The molecule has 0 aromatic heterocycles. The Morgan fingerprint density at radius 2 is 1.70 bits per heavy atom. The normalized spacial score (nSPS) is 16.7. The minimum atomic E-state index is -0.541. The van der Waals surface area contributed by atoms with Crippen molar-refractivity contribution in [2.45, 2.75) is 32.3 Å². The molecule has 2 aromatic carbocycles. The van der Waals surface area contributed by atoms with Crippen LogP contribution < -0.4 is 9.64 Å². The van der Waals surface area contributed by atoms with Crippen LogP contribution >= 0.6 is 11.6 Å². The zero-order chi connectivity index (χ0) is 19.0. The van der Waals surface area contributed by atoms with E-state index in [0.29, 0.717) is 34.7 Å². The van der Waals surface area contributed by atoms with Crippen molar-refractivity contribution in [2.24, 2.45) is 0 Å². The van der Waals surface area contributed by atoms with Gasteiger partial charge in [0.25, 0.3) is 11.8 Å². The SMILES string of the molecule is O=C1C2=C(CCCC2)C(=O)N1c1cccc(COc2ccc(Cl)cc2F)c1. The van der Waals surface area contributed by atoms with Gasteiger partial charge in [-0.1, -0.05) is 23.7 Å². The summed E-state index contributed by atoms with van der Waals surface area (Å²) in [5.41, 5.74) is 2.54. The maximum absolute atomic E-state index is 13.8. The van der Waals surface area contributed by atoms with Crippen LogP contribution in [0.25, 0.3) is 0 Å². The van der Waals surface area contributed by atoms with Gasteiger partial charge in [-0.05, 0) is 61.6 Å². The van der Waals surface area contributed by atoms with Crippen molar-refractivity contribution in [3.05, 3.63) is 70.0 Å². The molecule has 0 saturated heterocycles. The summed E-state index contributed by atoms with van der Waals surface area (Å²) < 4.78 is 19.3. The van der Waals surface area contributed by atoms with Gasteiger partial charge in [-0.25, -0.2) is 9.29 Å². The summed E-state index contributed by atoms with van der Waals surface area (Å²) in [6.07, 6.45) is 3.20. The van der Waals surface area contributed by atoms with Crippen LogP contribution in [0.3, 0.4) is 0 Å². The standard InChI is InChI=1S/C21H17ClFNO3/c22-14-8-9-19(18(23)11-14)27-12-13-4-3-5-15(10-13)24-20(25)16-6-1-2-7-17(16)21(24)26/h3-5,8-11H,1-2,6-7,12H2. The molecule has 1 heterocycles. The van der Waals surface area contributed by atoms with Crippen LogP contribution in [0.1, 0.15) is 31.2 Å². The summed E-state index contributed by atoms with van der Waals surface area (Å²) in [6, 6.07) is 11.2. The van der Waals surface area contributed by atoms with E-state index >= 15 is 0 Å². The highest BCUT2D eigenvalue weighted by Gasteiger charge is 2.39. The zero-order valence-corrected chi connectivity index (χ0v) is 15.3. The minimum absolute atomic E-state index is 0.0928. The van der Waals surface area contributed by atoms with Crippen molar-refractivity contribution >= 4 is 29.1 Å². The molecule has 1 aliphatic heterocycles. The molecule has 1 aliphatic carbocycles. The number of hydrogen-bond acceptors (Lipinski definition) is 3. The lowest BCUT2D eigenvalue weighted by Crippen LogP contribution is -2.31. The Kier molecular flexibility index (Phi) is 4.70. The van der Waals surface area contributed by atoms with Crippen LogP contribution in [0.15, 0.2) is 53.6 Å². The van der Waals surface area contributed by atoms with E-state index in [1.54, 1.807) is 30.3 Å². The highest BCUT2D eigenvalue weighted by molar-refractivity contribution is 6.33. The maximum Gasteiger partial charge on any atom is 0.261 e. The Morgan fingerprint density at radius 3 is 2.37 bits per heavy atom. The van der Waals surface area contributed by atoms with Gasteiger partial charge in [-0.3, -0.25) is 9.59 Å². The Bertz CT molecular complexity index is 942. The smallest absolute Gasteiger partial charge is 0.261 e. The molecule has 0 atom stereocenters. The highest BCUT2D eigenvalue weighted by atomic mass is 35.5. The minimum Gasteiger partial charge on any atom is -0.486 e. The number of hydrogen-bond donors (Lipinski definition) is 0. The molecule has 2 aromatic rings. The molecule has 0 N–H and O–H groups in total. The predicted octanol–water partition coefficient (Wildman–Crippen LogP) is 4.80. The second-order valence-corrected chi connectivity index (χ2v) is 7.08. The van der Waals surface area contributed by atoms with E-state index in [9.17, 15) is 14.0 Å². The van der Waals surface area contributed by atoms with Crippen LogP contribution in [-0.4, -0.2) is 11.8 Å². The number of nitrogens with zero attached hydrogens (tertiary/aromatic N) is 1. The van der Waals surface area contributed by atoms with E-state index < -0.39 is 5.82 Å². The van der Waals surface area contributed by atoms with E-state index in [1.165, 1.54) is 17.0 Å². The second-order valence-electron chi connectivity index (χ2n) is 6.64. The van der Waals surface area contributed by atoms with E-state index in [0.717, 1.165) is 18.4 Å². The number of ether oxygens (including phenoxy) is 1. The molecule has 138 valence electrons. The van der Waals surface area contributed by atoms with Crippen molar-refractivity contribution in [1.29, 1.82) is 0 Å². The highest BCUT2D eigenvalue weighted by Crippen LogP contribution is 2.35. The number of halogens is 2. The number of amides is 2. The Morgan fingerprint density at radius 1 is 1.00 bits per heavy atom. The van der Waals surface area contributed by atoms with Crippen LogP contribution in [0.2, 0.25) is 5.02 Å². The number of carbonyl (C=O) groups excluding carboxylic acids is 2. The van der Waals surface area contributed by atoms with Crippen molar-refractivity contribution in [3.63, 3.8) is 0 Å². The molecule has 2 aliphatic rings. The second kappa shape index (κ2) is 7.16. The summed E-state index contributed by atoms with van der Waals surface area (Å²) in [7, 11) is 0. The first-order valence-electron chi connectivity index (χ1n) is 8.82. The number of benzene rings is 2. The van der Waals surface area contributed by atoms with Crippen LogP contribution in [0.4, 0.5) is 10.1 Å². The summed E-state index contributed by atoms with van der Waals surface area (Å²) in [4.78, 5) is 26.6. The molecule has 0 spiro atoms. The van der Waals surface area contributed by atoms with Gasteiger partial charge < -0.3 is 4.74 Å². The van der Waals surface area contributed by atoms with E-state index in [1.807, 2.05) is 0 Å². The quantitative estimate of drug-likeness (QED) is 0.710. The number of rotatable bonds is 4. The molecule has 27 heavy (non-hydrogen) atoms. The molecule has 4 nitrogen and oxygen atoms in total. The fourth-order valence-electron chi connectivity index (χ4n) is 3.51. The summed E-state index contributed by atoms with van der Waals surface area (Å²) >= 11 is 5.74. The molecule has 4 rings (SSSR count). The molecule has 0 unspecified atom stereocenters. The molecule has 0 fully saturated rings. The average molecular weight is 386 g/mol. The lowest BCUT2D eigenvalue weighted by atomic mass is 9.93. The van der Waals surface area contributed by atoms with Crippen LogP contribution in [0.5, 0.6) is 5.75 Å². The molecule has 0 saturated carbocycles. The average Bonchev–Trinajstić information content (AvgIpc) is 2.92. The number of imide groups is 1. The monoisotopic (exact) mass is 385 g/mol. The van der Waals surface area contributed by atoms with Gasteiger partial charge in [0.15, 0.2) is 11.6 Å². The van der Waals surface area contributed by atoms with Crippen LogP contribution in [0, 0.1) is 5.82 Å². The Hall–Kier alpha value is -2.66. The topological polar surface area (TPSA) is 46.6 Å². The lowest BCUT2D eigenvalue weighted by molar-refractivity contribution is -0.120. The van der Waals surface area contributed by atoms with Gasteiger partial charge in [0, 0.05) is 16.2 Å². The Labute approximate surface area is 161 Å². The molecule has 6 heteroatoms. The van der Waals surface area contributed by atoms with Gasteiger partial charge in [-0.2, -0.15) is 0 Å². The first-order valence-corrected chi connectivity index (χ1v) is 9.20. The largest absolute Gasteiger partial charge is 0.486 e. The summed E-state index contributed by atoms with van der Waals surface area (Å²) in [5.74, 6) is -0.899. The van der Waals surface area contributed by atoms with Crippen molar-refractivity contribution < 1.29 is 18.7 Å². The van der Waals surface area contributed by atoms with Crippen LogP contribution in [-0.2, 0) is 16.2 Å². The fraction of sp³-hybridized carbons (Fsp3) is 0.238. The third kappa shape index (κ3) is 3.35. The molecule has 0 radical (unpaired) electrons. The third-order valence-corrected chi connectivity index (χ3v) is 5.08. The number of anilines is 1. The summed E-state index contributed by atoms with van der Waals surface area (Å²) in [6.45, 7) is 0.107. The van der Waals surface area contributed by atoms with Crippen molar-refractivity contribution in [1.82, 2.24) is 0 Å².